The molecule has 2 aromatic heterocycles. The molecule has 0 spiro atoms. The number of aryl methyl sites for hydroxylation is 2. The molecular formula is C9H11N3O2. The second-order valence-corrected chi connectivity index (χ2v) is 3.08. The minimum Gasteiger partial charge on any atom is -0.441 e. The van der Waals surface area contributed by atoms with Crippen molar-refractivity contribution in [1.29, 1.82) is 0 Å². The van der Waals surface area contributed by atoms with E-state index in [1.807, 2.05) is 20.0 Å². The molecule has 5 nitrogen and oxygen atoms in total. The first-order chi connectivity index (χ1) is 6.72. The van der Waals surface area contributed by atoms with Gasteiger partial charge in [0, 0.05) is 7.05 Å². The molecule has 2 rings (SSSR count). The highest BCUT2D eigenvalue weighted by Crippen LogP contribution is 2.23. The molecule has 0 unspecified atom stereocenters. The second-order valence-electron chi connectivity index (χ2n) is 3.08. The highest BCUT2D eigenvalue weighted by Gasteiger charge is 2.13. The quantitative estimate of drug-likeness (QED) is 0.768. The number of oxazole rings is 1. The predicted molar refractivity (Wildman–Crippen MR) is 49.4 cm³/mol. The van der Waals surface area contributed by atoms with Crippen molar-refractivity contribution >= 4 is 0 Å². The topological polar surface area (TPSA) is 64.1 Å². The standard InChI is InChI=1S/C9H11N3O2/c1-6-3-8(12(2)11-6)9-7(4-13)10-5-14-9/h3,5,13H,4H2,1-2H3. The number of nitrogens with zero attached hydrogens (tertiary/aromatic N) is 3. The summed E-state index contributed by atoms with van der Waals surface area (Å²) in [6.45, 7) is 1.77. The Balaban J connectivity index is 2.53. The first-order valence-electron chi connectivity index (χ1n) is 4.26. The van der Waals surface area contributed by atoms with Gasteiger partial charge in [-0.05, 0) is 13.0 Å². The van der Waals surface area contributed by atoms with Crippen molar-refractivity contribution in [2.45, 2.75) is 13.5 Å². The summed E-state index contributed by atoms with van der Waals surface area (Å²) in [5.41, 5.74) is 2.26. The zero-order valence-corrected chi connectivity index (χ0v) is 8.06. The molecule has 74 valence electrons. The minimum absolute atomic E-state index is 0.129. The predicted octanol–water partition coefficient (Wildman–Crippen LogP) is 0.876. The maximum Gasteiger partial charge on any atom is 0.181 e. The molecule has 2 aromatic rings. The van der Waals surface area contributed by atoms with E-state index in [1.54, 1.807) is 4.68 Å². The Hall–Kier alpha value is -1.62. The van der Waals surface area contributed by atoms with Crippen LogP contribution in [-0.4, -0.2) is 19.9 Å². The van der Waals surface area contributed by atoms with Gasteiger partial charge in [0.2, 0.25) is 0 Å². The third kappa shape index (κ3) is 1.31. The van der Waals surface area contributed by atoms with Crippen LogP contribution in [-0.2, 0) is 13.7 Å². The number of aliphatic hydroxyl groups excluding tert-OH is 1. The molecule has 0 saturated carbocycles. The zero-order valence-electron chi connectivity index (χ0n) is 8.06. The van der Waals surface area contributed by atoms with Crippen LogP contribution in [0.2, 0.25) is 0 Å². The van der Waals surface area contributed by atoms with Crippen LogP contribution < -0.4 is 0 Å². The van der Waals surface area contributed by atoms with E-state index in [0.717, 1.165) is 11.4 Å². The molecule has 0 aliphatic rings. The van der Waals surface area contributed by atoms with Crippen LogP contribution >= 0.6 is 0 Å². The Morgan fingerprint density at radius 3 is 2.93 bits per heavy atom. The smallest absolute Gasteiger partial charge is 0.181 e. The van der Waals surface area contributed by atoms with Gasteiger partial charge in [0.1, 0.15) is 11.4 Å². The van der Waals surface area contributed by atoms with Crippen LogP contribution in [0.4, 0.5) is 0 Å². The van der Waals surface area contributed by atoms with Gasteiger partial charge in [-0.25, -0.2) is 4.98 Å². The van der Waals surface area contributed by atoms with Gasteiger partial charge in [-0.2, -0.15) is 5.10 Å². The molecule has 0 aliphatic heterocycles. The number of aromatic nitrogens is 3. The SMILES string of the molecule is Cc1cc(-c2ocnc2CO)n(C)n1. The lowest BCUT2D eigenvalue weighted by Gasteiger charge is -1.98. The normalized spacial score (nSPS) is 10.8. The molecule has 0 saturated heterocycles. The van der Waals surface area contributed by atoms with Gasteiger partial charge in [0.15, 0.2) is 12.2 Å². The summed E-state index contributed by atoms with van der Waals surface area (Å²) in [6.07, 6.45) is 1.32. The Bertz CT molecular complexity index is 445. The molecule has 0 fully saturated rings. The molecular weight excluding hydrogens is 182 g/mol. The summed E-state index contributed by atoms with van der Waals surface area (Å²) in [7, 11) is 1.83. The summed E-state index contributed by atoms with van der Waals surface area (Å²) in [6, 6.07) is 1.89. The Kier molecular flexibility index (Phi) is 2.09. The van der Waals surface area contributed by atoms with E-state index >= 15 is 0 Å². The largest absolute Gasteiger partial charge is 0.441 e. The molecule has 0 amide bonds. The number of hydrogen-bond acceptors (Lipinski definition) is 4. The fraction of sp³-hybridized carbons (Fsp3) is 0.333. The Morgan fingerprint density at radius 2 is 2.36 bits per heavy atom. The average Bonchev–Trinajstić information content (AvgIpc) is 2.71. The molecule has 14 heavy (non-hydrogen) atoms. The summed E-state index contributed by atoms with van der Waals surface area (Å²) in [5, 5.41) is 13.2. The van der Waals surface area contributed by atoms with Crippen LogP contribution in [0.3, 0.4) is 0 Å². The molecule has 5 heteroatoms. The van der Waals surface area contributed by atoms with Crippen molar-refractivity contribution < 1.29 is 9.52 Å². The fourth-order valence-electron chi connectivity index (χ4n) is 1.41. The van der Waals surface area contributed by atoms with E-state index in [9.17, 15) is 0 Å². The van der Waals surface area contributed by atoms with Gasteiger partial charge in [-0.1, -0.05) is 0 Å². The van der Waals surface area contributed by atoms with Crippen molar-refractivity contribution in [2.24, 2.45) is 7.05 Å². The van der Waals surface area contributed by atoms with Gasteiger partial charge in [0.05, 0.1) is 12.3 Å². The summed E-state index contributed by atoms with van der Waals surface area (Å²) in [4.78, 5) is 3.90. The van der Waals surface area contributed by atoms with Gasteiger partial charge in [-0.15, -0.1) is 0 Å². The lowest BCUT2D eigenvalue weighted by molar-refractivity contribution is 0.277. The van der Waals surface area contributed by atoms with E-state index in [1.165, 1.54) is 6.39 Å². The lowest BCUT2D eigenvalue weighted by Crippen LogP contribution is -1.95. The Morgan fingerprint density at radius 1 is 1.57 bits per heavy atom. The fourth-order valence-corrected chi connectivity index (χ4v) is 1.41. The first kappa shape index (κ1) is 8.96. The van der Waals surface area contributed by atoms with Crippen molar-refractivity contribution in [1.82, 2.24) is 14.8 Å². The van der Waals surface area contributed by atoms with Crippen LogP contribution in [0.1, 0.15) is 11.4 Å². The molecule has 0 aliphatic carbocycles. The van der Waals surface area contributed by atoms with E-state index < -0.39 is 0 Å². The molecule has 0 aromatic carbocycles. The minimum atomic E-state index is -0.129. The molecule has 2 heterocycles. The van der Waals surface area contributed by atoms with E-state index in [2.05, 4.69) is 10.1 Å². The first-order valence-corrected chi connectivity index (χ1v) is 4.26. The summed E-state index contributed by atoms with van der Waals surface area (Å²) in [5.74, 6) is 0.579. The number of aliphatic hydroxyl groups is 1. The highest BCUT2D eigenvalue weighted by atomic mass is 16.3. The zero-order chi connectivity index (χ0) is 10.1. The van der Waals surface area contributed by atoms with Crippen LogP contribution in [0.25, 0.3) is 11.5 Å². The van der Waals surface area contributed by atoms with Crippen LogP contribution in [0.15, 0.2) is 16.9 Å². The number of rotatable bonds is 2. The Labute approximate surface area is 81.0 Å². The van der Waals surface area contributed by atoms with Gasteiger partial charge >= 0.3 is 0 Å². The summed E-state index contributed by atoms with van der Waals surface area (Å²) < 4.78 is 6.91. The van der Waals surface area contributed by atoms with Gasteiger partial charge in [0.25, 0.3) is 0 Å². The number of hydrogen-bond donors (Lipinski definition) is 1. The van der Waals surface area contributed by atoms with Crippen LogP contribution in [0, 0.1) is 6.92 Å². The monoisotopic (exact) mass is 193 g/mol. The molecule has 0 bridgehead atoms. The van der Waals surface area contributed by atoms with Crippen LogP contribution in [0.5, 0.6) is 0 Å². The lowest BCUT2D eigenvalue weighted by atomic mass is 10.2. The van der Waals surface area contributed by atoms with Crippen molar-refractivity contribution in [2.75, 3.05) is 0 Å². The third-order valence-electron chi connectivity index (χ3n) is 2.03. The highest BCUT2D eigenvalue weighted by molar-refractivity contribution is 5.55. The molecule has 0 radical (unpaired) electrons. The maximum absolute atomic E-state index is 9.01. The van der Waals surface area contributed by atoms with E-state index in [-0.39, 0.29) is 6.61 Å². The molecule has 0 atom stereocenters. The maximum atomic E-state index is 9.01. The summed E-state index contributed by atoms with van der Waals surface area (Å²) >= 11 is 0. The van der Waals surface area contributed by atoms with Gasteiger partial charge < -0.3 is 9.52 Å². The van der Waals surface area contributed by atoms with E-state index in [0.29, 0.717) is 11.5 Å². The molecule has 1 N–H and O–H groups in total. The third-order valence-corrected chi connectivity index (χ3v) is 2.03. The second kappa shape index (κ2) is 3.26. The van der Waals surface area contributed by atoms with Crippen molar-refractivity contribution in [3.05, 3.63) is 23.8 Å². The van der Waals surface area contributed by atoms with Crippen molar-refractivity contribution in [3.63, 3.8) is 0 Å². The van der Waals surface area contributed by atoms with Gasteiger partial charge in [-0.3, -0.25) is 4.68 Å². The van der Waals surface area contributed by atoms with Crippen molar-refractivity contribution in [3.8, 4) is 11.5 Å². The van der Waals surface area contributed by atoms with E-state index in [4.69, 9.17) is 9.52 Å². The average molecular weight is 193 g/mol.